The first-order valence-electron chi connectivity index (χ1n) is 12.7. The molecule has 39 heavy (non-hydrogen) atoms. The Hall–Kier alpha value is -3.32. The van der Waals surface area contributed by atoms with Gasteiger partial charge in [-0.1, -0.05) is 12.1 Å². The van der Waals surface area contributed by atoms with Crippen LogP contribution < -0.4 is 5.32 Å². The average Bonchev–Trinajstić information content (AvgIpc) is 3.40. The number of hydrogen-bond acceptors (Lipinski definition) is 11. The van der Waals surface area contributed by atoms with E-state index < -0.39 is 46.6 Å². The summed E-state index contributed by atoms with van der Waals surface area (Å²) >= 11 is 0. The molecule has 3 aliphatic heterocycles. The molecule has 3 aliphatic rings. The summed E-state index contributed by atoms with van der Waals surface area (Å²) in [6.45, 7) is 10.8. The van der Waals surface area contributed by atoms with Gasteiger partial charge in [0.1, 0.15) is 25.4 Å². The van der Waals surface area contributed by atoms with Gasteiger partial charge in [0.2, 0.25) is 0 Å². The first-order chi connectivity index (χ1) is 18.3. The lowest BCUT2D eigenvalue weighted by molar-refractivity contribution is -0.384. The van der Waals surface area contributed by atoms with E-state index in [0.717, 1.165) is 0 Å². The van der Waals surface area contributed by atoms with Gasteiger partial charge in [0.05, 0.1) is 35.2 Å². The molecule has 4 rings (SSSR count). The van der Waals surface area contributed by atoms with Crippen LogP contribution in [0.4, 0.5) is 5.69 Å². The van der Waals surface area contributed by atoms with Crippen molar-refractivity contribution in [1.29, 1.82) is 0 Å². The molecular weight excluding hydrogens is 512 g/mol. The highest BCUT2D eigenvalue weighted by Gasteiger charge is 2.41. The monoisotopic (exact) mass is 546 g/mol. The van der Waals surface area contributed by atoms with Crippen LogP contribution in [0.25, 0.3) is 0 Å². The van der Waals surface area contributed by atoms with Crippen molar-refractivity contribution >= 4 is 17.6 Å². The maximum atomic E-state index is 13.5. The summed E-state index contributed by atoms with van der Waals surface area (Å²) in [5.41, 5.74) is 1.35. The Balaban J connectivity index is 1.62. The van der Waals surface area contributed by atoms with Crippen LogP contribution in [0.1, 0.15) is 53.0 Å². The standard InChI is InChI=1S/C27H34N2O10/c1-15-21(24(30)34-11-19-13-36-26(3,4)38-19)23(17-8-7-9-18(10-17)29(32)33)22(16(2)28-15)25(31)35-12-20-14-37-27(5,6)39-20/h7-10,19-20,23,28H,11-14H2,1-6H3. The number of esters is 2. The molecule has 2 fully saturated rings. The van der Waals surface area contributed by atoms with Gasteiger partial charge in [-0.15, -0.1) is 0 Å². The predicted octanol–water partition coefficient (Wildman–Crippen LogP) is 3.22. The Morgan fingerprint density at radius 1 is 0.949 bits per heavy atom. The van der Waals surface area contributed by atoms with Gasteiger partial charge in [-0.25, -0.2) is 9.59 Å². The molecule has 2 saturated heterocycles. The van der Waals surface area contributed by atoms with Crippen molar-refractivity contribution in [2.45, 2.75) is 71.2 Å². The van der Waals surface area contributed by atoms with E-state index in [-0.39, 0.29) is 43.3 Å². The third-order valence-electron chi connectivity index (χ3n) is 6.55. The number of carbonyl (C=O) groups excluding carboxylic acids is 2. The van der Waals surface area contributed by atoms with Crippen LogP contribution >= 0.6 is 0 Å². The number of dihydropyridines is 1. The van der Waals surface area contributed by atoms with Crippen LogP contribution in [0.3, 0.4) is 0 Å². The van der Waals surface area contributed by atoms with E-state index in [4.69, 9.17) is 28.4 Å². The van der Waals surface area contributed by atoms with Crippen molar-refractivity contribution in [3.8, 4) is 0 Å². The zero-order chi connectivity index (χ0) is 28.5. The minimum atomic E-state index is -0.986. The Morgan fingerprint density at radius 2 is 1.44 bits per heavy atom. The molecule has 0 spiro atoms. The normalized spacial score (nSPS) is 25.8. The van der Waals surface area contributed by atoms with Gasteiger partial charge in [0.25, 0.3) is 5.69 Å². The number of allylic oxidation sites excluding steroid dienone is 2. The number of non-ortho nitro benzene ring substituents is 1. The summed E-state index contributed by atoms with van der Waals surface area (Å²) in [5, 5.41) is 14.6. The number of nitro benzene ring substituents is 1. The molecule has 2 unspecified atom stereocenters. The van der Waals surface area contributed by atoms with Gasteiger partial charge in [-0.3, -0.25) is 10.1 Å². The van der Waals surface area contributed by atoms with Gasteiger partial charge in [0, 0.05) is 23.5 Å². The summed E-state index contributed by atoms with van der Waals surface area (Å²) in [4.78, 5) is 38.0. The number of nitrogens with zero attached hydrogens (tertiary/aromatic N) is 1. The van der Waals surface area contributed by atoms with Gasteiger partial charge < -0.3 is 33.7 Å². The second kappa shape index (κ2) is 11.0. The summed E-state index contributed by atoms with van der Waals surface area (Å²) in [6, 6.07) is 5.80. The second-order valence-corrected chi connectivity index (χ2v) is 10.6. The molecular formula is C27H34N2O10. The van der Waals surface area contributed by atoms with Crippen LogP contribution in [0.15, 0.2) is 46.8 Å². The van der Waals surface area contributed by atoms with E-state index >= 15 is 0 Å². The molecule has 2 atom stereocenters. The fraction of sp³-hybridized carbons (Fsp3) is 0.556. The number of benzene rings is 1. The summed E-state index contributed by atoms with van der Waals surface area (Å²) in [5.74, 6) is -3.96. The highest BCUT2D eigenvalue weighted by molar-refractivity contribution is 6.00. The molecule has 12 nitrogen and oxygen atoms in total. The van der Waals surface area contributed by atoms with Gasteiger partial charge in [-0.2, -0.15) is 0 Å². The topological polar surface area (TPSA) is 145 Å². The summed E-state index contributed by atoms with van der Waals surface area (Å²) in [6.07, 6.45) is -0.922. The van der Waals surface area contributed by atoms with Gasteiger partial charge >= 0.3 is 11.9 Å². The molecule has 3 heterocycles. The van der Waals surface area contributed by atoms with Crippen molar-refractivity contribution in [3.05, 3.63) is 62.5 Å². The number of hydrogen-bond donors (Lipinski definition) is 1. The average molecular weight is 547 g/mol. The van der Waals surface area contributed by atoms with E-state index in [1.165, 1.54) is 18.2 Å². The molecule has 1 aromatic rings. The van der Waals surface area contributed by atoms with Crippen molar-refractivity contribution in [2.24, 2.45) is 0 Å². The highest BCUT2D eigenvalue weighted by atomic mass is 16.8. The Labute approximate surface area is 226 Å². The quantitative estimate of drug-likeness (QED) is 0.291. The van der Waals surface area contributed by atoms with Crippen LogP contribution in [0, 0.1) is 10.1 Å². The highest BCUT2D eigenvalue weighted by Crippen LogP contribution is 2.40. The molecule has 0 amide bonds. The zero-order valence-electron chi connectivity index (χ0n) is 22.9. The van der Waals surface area contributed by atoms with Crippen molar-refractivity contribution < 1.29 is 42.9 Å². The third kappa shape index (κ3) is 6.64. The van der Waals surface area contributed by atoms with Crippen molar-refractivity contribution in [2.75, 3.05) is 26.4 Å². The lowest BCUT2D eigenvalue weighted by Gasteiger charge is -2.30. The fourth-order valence-corrected chi connectivity index (χ4v) is 4.87. The van der Waals surface area contributed by atoms with Gasteiger partial charge in [-0.05, 0) is 47.1 Å². The smallest absolute Gasteiger partial charge is 0.336 e. The number of nitro groups is 1. The SMILES string of the molecule is CC1=C(C(=O)OCC2COC(C)(C)O2)C(c2cccc([N+](=O)[O-])c2)C(C(=O)OCC2COC(C)(C)O2)=C(C)N1. The van der Waals surface area contributed by atoms with Crippen LogP contribution in [0.2, 0.25) is 0 Å². The summed E-state index contributed by atoms with van der Waals surface area (Å²) < 4.78 is 33.7. The molecule has 12 heteroatoms. The number of ether oxygens (including phenoxy) is 6. The Kier molecular flexibility index (Phi) is 8.12. The molecule has 0 aromatic heterocycles. The fourth-order valence-electron chi connectivity index (χ4n) is 4.87. The molecule has 212 valence electrons. The van der Waals surface area contributed by atoms with Crippen molar-refractivity contribution in [1.82, 2.24) is 5.32 Å². The Morgan fingerprint density at radius 3 is 1.85 bits per heavy atom. The van der Waals surface area contributed by atoms with E-state index in [1.807, 2.05) is 0 Å². The van der Waals surface area contributed by atoms with Gasteiger partial charge in [0.15, 0.2) is 11.6 Å². The van der Waals surface area contributed by atoms with Crippen LogP contribution in [0.5, 0.6) is 0 Å². The van der Waals surface area contributed by atoms with Crippen LogP contribution in [-0.2, 0) is 38.0 Å². The molecule has 1 aromatic carbocycles. The zero-order valence-corrected chi connectivity index (χ0v) is 22.9. The largest absolute Gasteiger partial charge is 0.459 e. The third-order valence-corrected chi connectivity index (χ3v) is 6.55. The molecule has 0 radical (unpaired) electrons. The van der Waals surface area contributed by atoms with Crippen molar-refractivity contribution in [3.63, 3.8) is 0 Å². The summed E-state index contributed by atoms with van der Waals surface area (Å²) in [7, 11) is 0. The maximum Gasteiger partial charge on any atom is 0.336 e. The molecule has 0 aliphatic carbocycles. The first-order valence-corrected chi connectivity index (χ1v) is 12.7. The number of carbonyl (C=O) groups is 2. The van der Waals surface area contributed by atoms with Crippen LogP contribution in [-0.4, -0.2) is 67.1 Å². The lowest BCUT2D eigenvalue weighted by Crippen LogP contribution is -2.34. The molecule has 0 bridgehead atoms. The Bertz CT molecular complexity index is 1150. The maximum absolute atomic E-state index is 13.5. The number of rotatable bonds is 8. The second-order valence-electron chi connectivity index (χ2n) is 10.6. The minimum Gasteiger partial charge on any atom is -0.459 e. The predicted molar refractivity (Wildman–Crippen MR) is 136 cm³/mol. The van der Waals surface area contributed by atoms with E-state index in [2.05, 4.69) is 5.32 Å². The van der Waals surface area contributed by atoms with E-state index in [1.54, 1.807) is 47.6 Å². The van der Waals surface area contributed by atoms with E-state index in [9.17, 15) is 19.7 Å². The molecule has 0 saturated carbocycles. The molecule has 1 N–H and O–H groups in total. The minimum absolute atomic E-state index is 0.0714. The van der Waals surface area contributed by atoms with E-state index in [0.29, 0.717) is 17.0 Å². The number of nitrogens with one attached hydrogen (secondary N) is 1. The lowest BCUT2D eigenvalue weighted by atomic mass is 9.80. The first kappa shape index (κ1) is 28.7.